The number of carbonyl (C=O) groups is 1. The van der Waals surface area contributed by atoms with Gasteiger partial charge in [0.25, 0.3) is 0 Å². The Bertz CT molecular complexity index is 1090. The van der Waals surface area contributed by atoms with Gasteiger partial charge in [0.15, 0.2) is 0 Å². The molecule has 0 saturated heterocycles. The number of hydrogen-bond acceptors (Lipinski definition) is 6. The van der Waals surface area contributed by atoms with E-state index < -0.39 is 0 Å². The highest BCUT2D eigenvalue weighted by Gasteiger charge is 2.24. The van der Waals surface area contributed by atoms with Crippen LogP contribution in [0.4, 0.5) is 4.39 Å². The first kappa shape index (κ1) is 24.1. The number of hydrogen-bond donors (Lipinski definition) is 0. The summed E-state index contributed by atoms with van der Waals surface area (Å²) in [4.78, 5) is 16.8. The minimum atomic E-state index is -0.317. The Morgan fingerprint density at radius 1 is 1.09 bits per heavy atom. The zero-order valence-corrected chi connectivity index (χ0v) is 19.6. The SMILES string of the molecule is CCOC(=O)c1cc(C)ccc1CO[C@H]1CCC[C@@H](OCc2coc(-c3ccc(F)cc3)n2)C1. The molecule has 180 valence electrons. The molecule has 0 amide bonds. The van der Waals surface area contributed by atoms with Crippen LogP contribution in [0.5, 0.6) is 0 Å². The number of aromatic nitrogens is 1. The fraction of sp³-hybridized carbons (Fsp3) is 0.407. The number of oxazole rings is 1. The van der Waals surface area contributed by atoms with Gasteiger partial charge in [0.2, 0.25) is 5.89 Å². The van der Waals surface area contributed by atoms with E-state index in [0.717, 1.165) is 42.4 Å². The van der Waals surface area contributed by atoms with Gasteiger partial charge in [0.1, 0.15) is 17.8 Å². The molecule has 1 fully saturated rings. The van der Waals surface area contributed by atoms with Gasteiger partial charge in [-0.25, -0.2) is 14.2 Å². The van der Waals surface area contributed by atoms with Crippen molar-refractivity contribution in [2.24, 2.45) is 0 Å². The average Bonchev–Trinajstić information content (AvgIpc) is 3.32. The molecule has 1 aliphatic carbocycles. The summed E-state index contributed by atoms with van der Waals surface area (Å²) >= 11 is 0. The summed E-state index contributed by atoms with van der Waals surface area (Å²) in [6.07, 6.45) is 5.40. The van der Waals surface area contributed by atoms with Crippen molar-refractivity contribution >= 4 is 5.97 Å². The van der Waals surface area contributed by atoms with Crippen LogP contribution in [0.25, 0.3) is 11.5 Å². The zero-order valence-electron chi connectivity index (χ0n) is 19.6. The molecule has 6 nitrogen and oxygen atoms in total. The number of halogens is 1. The van der Waals surface area contributed by atoms with E-state index in [1.165, 1.54) is 12.1 Å². The molecule has 0 bridgehead atoms. The molecular weight excluding hydrogens is 437 g/mol. The Labute approximate surface area is 199 Å². The number of benzene rings is 2. The van der Waals surface area contributed by atoms with Gasteiger partial charge in [0, 0.05) is 5.56 Å². The van der Waals surface area contributed by atoms with Crippen molar-refractivity contribution in [2.45, 2.75) is 65.0 Å². The van der Waals surface area contributed by atoms with Gasteiger partial charge in [-0.2, -0.15) is 0 Å². The molecule has 34 heavy (non-hydrogen) atoms. The van der Waals surface area contributed by atoms with E-state index in [-0.39, 0.29) is 24.0 Å². The number of nitrogens with zero attached hydrogens (tertiary/aromatic N) is 1. The molecule has 7 heteroatoms. The van der Waals surface area contributed by atoms with E-state index >= 15 is 0 Å². The van der Waals surface area contributed by atoms with Crippen molar-refractivity contribution in [1.82, 2.24) is 4.98 Å². The molecule has 1 saturated carbocycles. The highest BCUT2D eigenvalue weighted by atomic mass is 19.1. The van der Waals surface area contributed by atoms with Gasteiger partial charge < -0.3 is 18.6 Å². The molecule has 2 atom stereocenters. The lowest BCUT2D eigenvalue weighted by atomic mass is 9.94. The lowest BCUT2D eigenvalue weighted by molar-refractivity contribution is -0.0563. The van der Waals surface area contributed by atoms with Crippen LogP contribution in [-0.2, 0) is 27.4 Å². The molecule has 3 aromatic rings. The second-order valence-electron chi connectivity index (χ2n) is 8.56. The maximum atomic E-state index is 13.1. The van der Waals surface area contributed by atoms with Crippen molar-refractivity contribution in [2.75, 3.05) is 6.61 Å². The van der Waals surface area contributed by atoms with Gasteiger partial charge in [-0.3, -0.25) is 0 Å². The van der Waals surface area contributed by atoms with Crippen molar-refractivity contribution < 1.29 is 27.8 Å². The van der Waals surface area contributed by atoms with Crippen LogP contribution in [0.1, 0.15) is 59.8 Å². The van der Waals surface area contributed by atoms with E-state index in [2.05, 4.69) is 4.98 Å². The third kappa shape index (κ3) is 6.30. The van der Waals surface area contributed by atoms with Gasteiger partial charge in [-0.05, 0) is 75.4 Å². The quantitative estimate of drug-likeness (QED) is 0.359. The maximum absolute atomic E-state index is 13.1. The summed E-state index contributed by atoms with van der Waals surface area (Å²) in [6.45, 7) is 4.79. The molecule has 0 N–H and O–H groups in total. The summed E-state index contributed by atoms with van der Waals surface area (Å²) in [5.74, 6) is -0.173. The third-order valence-electron chi connectivity index (χ3n) is 5.92. The number of rotatable bonds is 9. The fourth-order valence-electron chi connectivity index (χ4n) is 4.13. The lowest BCUT2D eigenvalue weighted by Crippen LogP contribution is -2.28. The Balaban J connectivity index is 1.29. The van der Waals surface area contributed by atoms with Gasteiger partial charge >= 0.3 is 5.97 Å². The van der Waals surface area contributed by atoms with E-state index in [4.69, 9.17) is 18.6 Å². The largest absolute Gasteiger partial charge is 0.462 e. The van der Waals surface area contributed by atoms with Crippen molar-refractivity contribution in [3.05, 3.63) is 76.9 Å². The summed E-state index contributed by atoms with van der Waals surface area (Å²) in [5, 5.41) is 0. The topological polar surface area (TPSA) is 70.8 Å². The summed E-state index contributed by atoms with van der Waals surface area (Å²) in [5.41, 5.74) is 3.82. The van der Waals surface area contributed by atoms with E-state index in [1.807, 2.05) is 25.1 Å². The van der Waals surface area contributed by atoms with Crippen LogP contribution < -0.4 is 0 Å². The molecule has 1 aliphatic rings. The van der Waals surface area contributed by atoms with Crippen LogP contribution >= 0.6 is 0 Å². The number of aryl methyl sites for hydroxylation is 1. The highest BCUT2D eigenvalue weighted by Crippen LogP contribution is 2.27. The Morgan fingerprint density at radius 3 is 2.56 bits per heavy atom. The zero-order chi connectivity index (χ0) is 23.9. The maximum Gasteiger partial charge on any atom is 0.338 e. The van der Waals surface area contributed by atoms with Gasteiger partial charge in [0.05, 0.1) is 37.6 Å². The molecule has 0 unspecified atom stereocenters. The highest BCUT2D eigenvalue weighted by molar-refractivity contribution is 5.91. The summed E-state index contributed by atoms with van der Waals surface area (Å²) in [7, 11) is 0. The summed E-state index contributed by atoms with van der Waals surface area (Å²) < 4.78 is 36.1. The van der Waals surface area contributed by atoms with Crippen LogP contribution in [-0.4, -0.2) is 29.8 Å². The predicted octanol–water partition coefficient (Wildman–Crippen LogP) is 6.01. The second-order valence-corrected chi connectivity index (χ2v) is 8.56. The molecule has 1 heterocycles. The number of ether oxygens (including phenoxy) is 3. The van der Waals surface area contributed by atoms with Crippen LogP contribution in [0.15, 0.2) is 53.1 Å². The van der Waals surface area contributed by atoms with E-state index in [1.54, 1.807) is 25.3 Å². The van der Waals surface area contributed by atoms with Crippen molar-refractivity contribution in [3.63, 3.8) is 0 Å². The molecule has 0 aliphatic heterocycles. The molecule has 0 spiro atoms. The number of carbonyl (C=O) groups excluding carboxylic acids is 1. The first-order valence-corrected chi connectivity index (χ1v) is 11.7. The Morgan fingerprint density at radius 2 is 1.82 bits per heavy atom. The van der Waals surface area contributed by atoms with E-state index in [9.17, 15) is 9.18 Å². The molecular formula is C27H30FNO5. The Kier molecular flexibility index (Phi) is 8.08. The molecule has 2 aromatic carbocycles. The van der Waals surface area contributed by atoms with Crippen molar-refractivity contribution in [3.8, 4) is 11.5 Å². The molecule has 0 radical (unpaired) electrons. The standard InChI is InChI=1S/C27H30FNO5/c1-3-31-27(30)25-13-18(2)7-8-20(25)15-32-23-5-4-6-24(14-23)33-16-22-17-34-26(29-22)19-9-11-21(28)12-10-19/h7-13,17,23-24H,3-6,14-16H2,1-2H3/t23-,24+/m0/s1. The van der Waals surface area contributed by atoms with Crippen LogP contribution in [0.2, 0.25) is 0 Å². The summed E-state index contributed by atoms with van der Waals surface area (Å²) in [6, 6.07) is 11.8. The number of esters is 1. The fourth-order valence-corrected chi connectivity index (χ4v) is 4.13. The van der Waals surface area contributed by atoms with Crippen LogP contribution in [0, 0.1) is 12.7 Å². The molecule has 4 rings (SSSR count). The third-order valence-corrected chi connectivity index (χ3v) is 5.92. The monoisotopic (exact) mass is 467 g/mol. The normalized spacial score (nSPS) is 18.1. The lowest BCUT2D eigenvalue weighted by Gasteiger charge is -2.29. The van der Waals surface area contributed by atoms with Crippen LogP contribution in [0.3, 0.4) is 0 Å². The Hall–Kier alpha value is -3.03. The minimum Gasteiger partial charge on any atom is -0.462 e. The van der Waals surface area contributed by atoms with E-state index in [0.29, 0.717) is 37.0 Å². The molecule has 1 aromatic heterocycles. The second kappa shape index (κ2) is 11.4. The van der Waals surface area contributed by atoms with Crippen molar-refractivity contribution in [1.29, 1.82) is 0 Å². The first-order valence-electron chi connectivity index (χ1n) is 11.7. The van der Waals surface area contributed by atoms with Gasteiger partial charge in [-0.15, -0.1) is 0 Å². The average molecular weight is 468 g/mol. The predicted molar refractivity (Wildman–Crippen MR) is 125 cm³/mol. The van der Waals surface area contributed by atoms with Gasteiger partial charge in [-0.1, -0.05) is 17.7 Å². The first-order chi connectivity index (χ1) is 16.5. The minimum absolute atomic E-state index is 0.0576. The smallest absolute Gasteiger partial charge is 0.338 e.